The van der Waals surface area contributed by atoms with E-state index >= 15 is 0 Å². The Balaban J connectivity index is 1.81. The van der Waals surface area contributed by atoms with Gasteiger partial charge in [0, 0.05) is 18.0 Å². The van der Waals surface area contributed by atoms with E-state index in [2.05, 4.69) is 10.3 Å². The van der Waals surface area contributed by atoms with Crippen molar-refractivity contribution in [1.29, 1.82) is 0 Å². The Morgan fingerprint density at radius 2 is 2.04 bits per heavy atom. The third-order valence-electron chi connectivity index (χ3n) is 4.50. The molecule has 1 aliphatic rings. The normalized spacial score (nSPS) is 17.1. The van der Waals surface area contributed by atoms with Gasteiger partial charge in [0.15, 0.2) is 0 Å². The van der Waals surface area contributed by atoms with Gasteiger partial charge in [0.2, 0.25) is 0 Å². The molecule has 0 saturated heterocycles. The zero-order chi connectivity index (χ0) is 19.8. The number of nitrogens with zero attached hydrogens (tertiary/aromatic N) is 4. The van der Waals surface area contributed by atoms with Crippen molar-refractivity contribution in [3.8, 4) is 0 Å². The van der Waals surface area contributed by atoms with Crippen molar-refractivity contribution >= 4 is 6.09 Å². The lowest BCUT2D eigenvalue weighted by Gasteiger charge is -2.34. The first-order chi connectivity index (χ1) is 12.7. The van der Waals surface area contributed by atoms with Crippen LogP contribution in [0.15, 0.2) is 24.3 Å². The topological polar surface area (TPSA) is 60.2 Å². The van der Waals surface area contributed by atoms with Crippen LogP contribution in [-0.4, -0.2) is 37.6 Å². The minimum absolute atomic E-state index is 0.000916. The highest BCUT2D eigenvalue weighted by molar-refractivity contribution is 5.69. The van der Waals surface area contributed by atoms with Gasteiger partial charge in [0.25, 0.3) is 6.43 Å². The summed E-state index contributed by atoms with van der Waals surface area (Å²) < 4.78 is 33.6. The van der Waals surface area contributed by atoms with Gasteiger partial charge in [-0.2, -0.15) is 0 Å². The van der Waals surface area contributed by atoms with Crippen LogP contribution < -0.4 is 0 Å². The summed E-state index contributed by atoms with van der Waals surface area (Å²) >= 11 is 0. The molecule has 1 aromatic heterocycles. The second kappa shape index (κ2) is 7.25. The lowest BCUT2D eigenvalue weighted by Crippen LogP contribution is -2.45. The first kappa shape index (κ1) is 19.3. The van der Waals surface area contributed by atoms with E-state index in [1.807, 2.05) is 27.7 Å². The zero-order valence-corrected chi connectivity index (χ0v) is 15.9. The third-order valence-corrected chi connectivity index (χ3v) is 4.50. The molecular formula is C19H24F2N4O2. The van der Waals surface area contributed by atoms with E-state index < -0.39 is 18.1 Å². The SMILES string of the molecule is C[C@H]1Cc2c(nnn2Cc2ccccc2C(F)F)CN1C(=O)OC(C)(C)C. The van der Waals surface area contributed by atoms with Gasteiger partial charge in [0.1, 0.15) is 11.3 Å². The predicted octanol–water partition coefficient (Wildman–Crippen LogP) is 3.95. The second-order valence-corrected chi connectivity index (χ2v) is 7.80. The van der Waals surface area contributed by atoms with Crippen LogP contribution in [0.3, 0.4) is 0 Å². The van der Waals surface area contributed by atoms with E-state index in [0.29, 0.717) is 24.2 Å². The first-order valence-corrected chi connectivity index (χ1v) is 8.92. The van der Waals surface area contributed by atoms with Gasteiger partial charge in [-0.1, -0.05) is 29.5 Å². The standard InChI is InChI=1S/C19H24F2N4O2/c1-12-9-16-15(11-24(12)18(26)27-19(2,3)4)22-23-25(16)10-13-7-5-6-8-14(13)17(20)21/h5-8,12,17H,9-11H2,1-4H3/t12-/m0/s1. The molecule has 3 rings (SSSR count). The minimum atomic E-state index is -2.54. The molecule has 0 unspecified atom stereocenters. The average molecular weight is 378 g/mol. The fourth-order valence-corrected chi connectivity index (χ4v) is 3.17. The Kier molecular flexibility index (Phi) is 5.17. The van der Waals surface area contributed by atoms with Crippen LogP contribution in [0.25, 0.3) is 0 Å². The highest BCUT2D eigenvalue weighted by atomic mass is 19.3. The number of ether oxygens (including phenoxy) is 1. The summed E-state index contributed by atoms with van der Waals surface area (Å²) in [6.45, 7) is 7.91. The Labute approximate surface area is 157 Å². The van der Waals surface area contributed by atoms with E-state index in [-0.39, 0.29) is 18.2 Å². The minimum Gasteiger partial charge on any atom is -0.444 e. The molecule has 0 N–H and O–H groups in total. The van der Waals surface area contributed by atoms with Crippen molar-refractivity contribution < 1.29 is 18.3 Å². The number of amides is 1. The van der Waals surface area contributed by atoms with Gasteiger partial charge >= 0.3 is 6.09 Å². The molecule has 0 saturated carbocycles. The maximum absolute atomic E-state index is 13.2. The number of hydrogen-bond donors (Lipinski definition) is 0. The van der Waals surface area contributed by atoms with Gasteiger partial charge in [-0.15, -0.1) is 5.10 Å². The summed E-state index contributed by atoms with van der Waals surface area (Å²) in [5.41, 5.74) is 1.48. The van der Waals surface area contributed by atoms with Crippen LogP contribution in [-0.2, 0) is 24.2 Å². The van der Waals surface area contributed by atoms with Crippen molar-refractivity contribution in [3.05, 3.63) is 46.8 Å². The number of hydrogen-bond acceptors (Lipinski definition) is 4. The quantitative estimate of drug-likeness (QED) is 0.812. The van der Waals surface area contributed by atoms with Crippen molar-refractivity contribution in [2.75, 3.05) is 0 Å². The molecular weight excluding hydrogens is 354 g/mol. The number of carbonyl (C=O) groups excluding carboxylic acids is 1. The highest BCUT2D eigenvalue weighted by Gasteiger charge is 2.33. The van der Waals surface area contributed by atoms with Crippen LogP contribution in [0.5, 0.6) is 0 Å². The van der Waals surface area contributed by atoms with Crippen LogP contribution >= 0.6 is 0 Å². The Hall–Kier alpha value is -2.51. The summed E-state index contributed by atoms with van der Waals surface area (Å²) in [6, 6.07) is 6.33. The molecule has 8 heteroatoms. The third kappa shape index (κ3) is 4.26. The molecule has 1 aromatic carbocycles. The maximum Gasteiger partial charge on any atom is 0.410 e. The molecule has 0 fully saturated rings. The van der Waals surface area contributed by atoms with Crippen LogP contribution in [0.2, 0.25) is 0 Å². The number of halogens is 2. The van der Waals surface area contributed by atoms with Gasteiger partial charge in [-0.3, -0.25) is 4.90 Å². The maximum atomic E-state index is 13.2. The molecule has 6 nitrogen and oxygen atoms in total. The molecule has 1 amide bonds. The Morgan fingerprint density at radius 3 is 2.70 bits per heavy atom. The number of alkyl halides is 2. The van der Waals surface area contributed by atoms with Crippen LogP contribution in [0.4, 0.5) is 13.6 Å². The van der Waals surface area contributed by atoms with Gasteiger partial charge < -0.3 is 4.74 Å². The highest BCUT2D eigenvalue weighted by Crippen LogP contribution is 2.27. The fourth-order valence-electron chi connectivity index (χ4n) is 3.17. The number of aromatic nitrogens is 3. The molecule has 0 aliphatic carbocycles. The Bertz CT molecular complexity index is 829. The first-order valence-electron chi connectivity index (χ1n) is 8.92. The molecule has 27 heavy (non-hydrogen) atoms. The number of benzene rings is 1. The molecule has 2 heterocycles. The summed E-state index contributed by atoms with van der Waals surface area (Å²) in [4.78, 5) is 14.0. The molecule has 1 atom stereocenters. The van der Waals surface area contributed by atoms with E-state index in [9.17, 15) is 13.6 Å². The van der Waals surface area contributed by atoms with E-state index in [0.717, 1.165) is 5.69 Å². The van der Waals surface area contributed by atoms with E-state index in [4.69, 9.17) is 4.74 Å². The van der Waals surface area contributed by atoms with Gasteiger partial charge in [-0.05, 0) is 33.3 Å². The van der Waals surface area contributed by atoms with E-state index in [1.54, 1.807) is 27.8 Å². The number of carbonyl (C=O) groups is 1. The summed E-state index contributed by atoms with van der Waals surface area (Å²) in [7, 11) is 0. The smallest absolute Gasteiger partial charge is 0.410 e. The molecule has 146 valence electrons. The summed E-state index contributed by atoms with van der Waals surface area (Å²) in [5.74, 6) is 0. The van der Waals surface area contributed by atoms with Crippen molar-refractivity contribution in [1.82, 2.24) is 19.9 Å². The zero-order valence-electron chi connectivity index (χ0n) is 15.9. The monoisotopic (exact) mass is 378 g/mol. The van der Waals surface area contributed by atoms with E-state index in [1.165, 1.54) is 6.07 Å². The predicted molar refractivity (Wildman–Crippen MR) is 95.5 cm³/mol. The summed E-state index contributed by atoms with van der Waals surface area (Å²) in [6.07, 6.45) is -2.39. The molecule has 2 aromatic rings. The molecule has 0 bridgehead atoms. The second-order valence-electron chi connectivity index (χ2n) is 7.80. The molecule has 0 spiro atoms. The molecule has 0 radical (unpaired) electrons. The lowest BCUT2D eigenvalue weighted by molar-refractivity contribution is 0.0133. The summed E-state index contributed by atoms with van der Waals surface area (Å²) in [5, 5.41) is 8.31. The Morgan fingerprint density at radius 1 is 1.33 bits per heavy atom. The number of fused-ring (bicyclic) bond motifs is 1. The van der Waals surface area contributed by atoms with Crippen molar-refractivity contribution in [2.45, 2.75) is 65.3 Å². The lowest BCUT2D eigenvalue weighted by atomic mass is 10.0. The van der Waals surface area contributed by atoms with Crippen LogP contribution in [0, 0.1) is 0 Å². The van der Waals surface area contributed by atoms with Crippen molar-refractivity contribution in [2.24, 2.45) is 0 Å². The fraction of sp³-hybridized carbons (Fsp3) is 0.526. The number of rotatable bonds is 3. The van der Waals surface area contributed by atoms with Gasteiger partial charge in [0.05, 0.1) is 18.8 Å². The molecule has 1 aliphatic heterocycles. The largest absolute Gasteiger partial charge is 0.444 e. The van der Waals surface area contributed by atoms with Crippen LogP contribution in [0.1, 0.15) is 56.6 Å². The van der Waals surface area contributed by atoms with Crippen molar-refractivity contribution in [3.63, 3.8) is 0 Å². The van der Waals surface area contributed by atoms with Gasteiger partial charge in [-0.25, -0.2) is 18.3 Å². The average Bonchev–Trinajstić information content (AvgIpc) is 2.94.